The van der Waals surface area contributed by atoms with E-state index >= 15 is 0 Å². The van der Waals surface area contributed by atoms with Crippen molar-refractivity contribution in [3.63, 3.8) is 0 Å². The minimum Gasteiger partial charge on any atom is -0.461 e. The summed E-state index contributed by atoms with van der Waals surface area (Å²) >= 11 is 0. The van der Waals surface area contributed by atoms with Gasteiger partial charge in [0.15, 0.2) is 11.4 Å². The van der Waals surface area contributed by atoms with Crippen LogP contribution in [0.25, 0.3) is 0 Å². The molecule has 5 fully saturated rings. The topological polar surface area (TPSA) is 80.3 Å². The Morgan fingerprint density at radius 3 is 2.48 bits per heavy atom. The fourth-order valence-corrected chi connectivity index (χ4v) is 12.3. The van der Waals surface area contributed by atoms with Crippen LogP contribution >= 0.6 is 7.60 Å². The van der Waals surface area contributed by atoms with Crippen molar-refractivity contribution >= 4 is 13.6 Å². The van der Waals surface area contributed by atoms with Gasteiger partial charge in [-0.1, -0.05) is 39.3 Å². The van der Waals surface area contributed by atoms with Crippen molar-refractivity contribution in [3.05, 3.63) is 11.6 Å². The number of hydrogen-bond donors (Lipinski definition) is 0. The van der Waals surface area contributed by atoms with Crippen LogP contribution in [0.2, 0.25) is 0 Å². The highest BCUT2D eigenvalue weighted by molar-refractivity contribution is 7.55. The number of esters is 1. The number of carbonyl (C=O) groups excluding carboxylic acids is 1. The average Bonchev–Trinajstić information content (AvgIpc) is 3.40. The highest BCUT2D eigenvalue weighted by Gasteiger charge is 2.68. The second kappa shape index (κ2) is 11.3. The van der Waals surface area contributed by atoms with Gasteiger partial charge in [-0.3, -0.25) is 9.36 Å². The number of carbonyl (C=O) groups is 1. The van der Waals surface area contributed by atoms with E-state index in [2.05, 4.69) is 33.8 Å². The van der Waals surface area contributed by atoms with Crippen molar-refractivity contribution in [1.82, 2.24) is 0 Å². The van der Waals surface area contributed by atoms with Crippen molar-refractivity contribution in [2.24, 2.45) is 46.3 Å². The van der Waals surface area contributed by atoms with Gasteiger partial charge in [0.05, 0.1) is 25.9 Å². The lowest BCUT2D eigenvalue weighted by molar-refractivity contribution is -0.272. The molecule has 0 bridgehead atoms. The van der Waals surface area contributed by atoms with Gasteiger partial charge in [0, 0.05) is 18.8 Å². The maximum absolute atomic E-state index is 13.2. The van der Waals surface area contributed by atoms with E-state index in [9.17, 15) is 9.36 Å². The molecule has 2 aliphatic heterocycles. The molecule has 1 unspecified atom stereocenters. The predicted octanol–water partition coefficient (Wildman–Crippen LogP) is 7.92. The molecule has 7 nitrogen and oxygen atoms in total. The van der Waals surface area contributed by atoms with E-state index in [0.29, 0.717) is 47.0 Å². The zero-order valence-corrected chi connectivity index (χ0v) is 28.0. The summed E-state index contributed by atoms with van der Waals surface area (Å²) in [4.78, 5) is 13.1. The van der Waals surface area contributed by atoms with Gasteiger partial charge in [-0.2, -0.15) is 0 Å². The Bertz CT molecular complexity index is 1100. The Hall–Kier alpha value is -0.720. The monoisotopic (exact) mass is 606 g/mol. The third-order valence-corrected chi connectivity index (χ3v) is 15.4. The van der Waals surface area contributed by atoms with Crippen LogP contribution in [0.15, 0.2) is 11.6 Å². The highest BCUT2D eigenvalue weighted by atomic mass is 31.2. The molecule has 0 aromatic rings. The largest absolute Gasteiger partial charge is 0.461 e. The summed E-state index contributed by atoms with van der Waals surface area (Å²) in [5, 5.41) is 0. The molecule has 0 aromatic carbocycles. The van der Waals surface area contributed by atoms with E-state index in [1.807, 2.05) is 0 Å². The SMILES string of the molecule is CCOP(=O)(OCC)C(C)C(=O)O[C@H]1CC[C@@]2(C)C(=CC[C@H]3[C@@H]4C[C@@H]5O[C@]6(CC[C@@H](C)CO6)[C@@H](C)[C@@H]5[C@@]4(C)CC[C@@H]32)C1. The van der Waals surface area contributed by atoms with Gasteiger partial charge in [-0.05, 0) is 106 Å². The van der Waals surface area contributed by atoms with E-state index in [-0.39, 0.29) is 30.5 Å². The Morgan fingerprint density at radius 1 is 1.07 bits per heavy atom. The summed E-state index contributed by atoms with van der Waals surface area (Å²) in [7, 11) is -3.55. The summed E-state index contributed by atoms with van der Waals surface area (Å²) in [5.74, 6) is 2.86. The van der Waals surface area contributed by atoms with Gasteiger partial charge in [0.25, 0.3) is 0 Å². The Balaban J connectivity index is 1.14. The molecule has 2 saturated heterocycles. The van der Waals surface area contributed by atoms with Crippen LogP contribution in [0, 0.1) is 46.3 Å². The highest BCUT2D eigenvalue weighted by Crippen LogP contribution is 2.70. The lowest BCUT2D eigenvalue weighted by atomic mass is 9.47. The first-order valence-corrected chi connectivity index (χ1v) is 18.6. The number of hydrogen-bond acceptors (Lipinski definition) is 7. The lowest BCUT2D eigenvalue weighted by Gasteiger charge is -2.58. The minimum absolute atomic E-state index is 0.152. The normalized spacial score (nSPS) is 47.2. The van der Waals surface area contributed by atoms with Crippen molar-refractivity contribution in [3.8, 4) is 0 Å². The molecule has 42 heavy (non-hydrogen) atoms. The van der Waals surface area contributed by atoms with Crippen LogP contribution in [0.5, 0.6) is 0 Å². The molecule has 238 valence electrons. The van der Waals surface area contributed by atoms with Crippen LogP contribution in [-0.2, 0) is 32.6 Å². The summed E-state index contributed by atoms with van der Waals surface area (Å²) in [6.45, 7) is 16.2. The van der Waals surface area contributed by atoms with E-state index in [1.54, 1.807) is 20.8 Å². The number of allylic oxidation sites excluding steroid dienone is 1. The minimum atomic E-state index is -3.55. The summed E-state index contributed by atoms with van der Waals surface area (Å²) in [6, 6.07) is 0. The molecule has 4 aliphatic carbocycles. The number of ether oxygens (including phenoxy) is 3. The van der Waals surface area contributed by atoms with Crippen molar-refractivity contribution in [2.75, 3.05) is 19.8 Å². The Labute approximate surface area is 253 Å². The molecular weight excluding hydrogens is 551 g/mol. The van der Waals surface area contributed by atoms with E-state index in [0.717, 1.165) is 38.7 Å². The van der Waals surface area contributed by atoms with Crippen molar-refractivity contribution in [1.29, 1.82) is 0 Å². The van der Waals surface area contributed by atoms with Crippen LogP contribution in [0.3, 0.4) is 0 Å². The van der Waals surface area contributed by atoms with Gasteiger partial charge in [0.2, 0.25) is 0 Å². The van der Waals surface area contributed by atoms with E-state index in [4.69, 9.17) is 23.3 Å². The molecule has 3 saturated carbocycles. The third kappa shape index (κ3) is 4.82. The quantitative estimate of drug-likeness (QED) is 0.165. The van der Waals surface area contributed by atoms with Crippen molar-refractivity contribution < 1.29 is 32.6 Å². The second-order valence-corrected chi connectivity index (χ2v) is 17.5. The molecule has 0 amide bonds. The third-order valence-electron chi connectivity index (χ3n) is 13.0. The van der Waals surface area contributed by atoms with E-state index in [1.165, 1.54) is 31.3 Å². The molecule has 1 spiro atoms. The molecule has 0 aromatic heterocycles. The Morgan fingerprint density at radius 2 is 1.81 bits per heavy atom. The first-order chi connectivity index (χ1) is 19.9. The molecule has 8 heteroatoms. The van der Waals surface area contributed by atoms with Gasteiger partial charge in [-0.25, -0.2) is 0 Å². The fraction of sp³-hybridized carbons (Fsp3) is 0.912. The molecule has 12 atom stereocenters. The Kier molecular flexibility index (Phi) is 8.39. The first kappa shape index (κ1) is 31.3. The fourth-order valence-electron chi connectivity index (χ4n) is 10.8. The van der Waals surface area contributed by atoms with Crippen LogP contribution in [-0.4, -0.2) is 49.4 Å². The average molecular weight is 607 g/mol. The predicted molar refractivity (Wildman–Crippen MR) is 162 cm³/mol. The van der Waals surface area contributed by atoms with Gasteiger partial charge in [-0.15, -0.1) is 0 Å². The maximum atomic E-state index is 13.2. The van der Waals surface area contributed by atoms with Crippen LogP contribution in [0.1, 0.15) is 106 Å². The number of fused-ring (bicyclic) bond motifs is 7. The zero-order chi connectivity index (χ0) is 30.1. The maximum Gasteiger partial charge on any atom is 0.344 e. The van der Waals surface area contributed by atoms with Gasteiger partial charge >= 0.3 is 13.6 Å². The first-order valence-electron chi connectivity index (χ1n) is 17.0. The summed E-state index contributed by atoms with van der Waals surface area (Å²) in [5.41, 5.74) is 0.993. The zero-order valence-electron chi connectivity index (χ0n) is 27.1. The van der Waals surface area contributed by atoms with Crippen LogP contribution < -0.4 is 0 Å². The van der Waals surface area contributed by atoms with Gasteiger partial charge in [0.1, 0.15) is 6.10 Å². The molecular formula is C34H55O7P. The standard InChI is InChI=1S/C34H55O7P/c1-8-38-42(36,39-9-2)23(5)31(35)40-25-13-15-32(6)24(18-25)10-11-26-27(32)14-16-33(7)28(26)19-29-30(33)22(4)34(41-29)17-12-21(3)20-37-34/h10,21-23,25-30H,8-9,11-20H2,1-7H3/t21-,22+,23?,25+,26-,27+,28+,29+,30+,32+,33+,34-/m1/s1. The second-order valence-electron chi connectivity index (χ2n) is 15.1. The molecule has 6 aliphatic rings. The van der Waals surface area contributed by atoms with Crippen molar-refractivity contribution in [2.45, 2.75) is 130 Å². The van der Waals surface area contributed by atoms with Crippen LogP contribution in [0.4, 0.5) is 0 Å². The summed E-state index contributed by atoms with van der Waals surface area (Å²) in [6.07, 6.45) is 12.3. The van der Waals surface area contributed by atoms with Gasteiger partial charge < -0.3 is 23.3 Å². The molecule has 0 radical (unpaired) electrons. The number of rotatable bonds is 7. The van der Waals surface area contributed by atoms with E-state index < -0.39 is 19.2 Å². The molecule has 6 rings (SSSR count). The lowest BCUT2D eigenvalue weighted by Crippen LogP contribution is -2.52. The molecule has 0 N–H and O–H groups in total. The molecule has 2 heterocycles. The smallest absolute Gasteiger partial charge is 0.344 e. The summed E-state index contributed by atoms with van der Waals surface area (Å²) < 4.78 is 43.5.